The lowest BCUT2D eigenvalue weighted by molar-refractivity contribution is 0.161. The quantitative estimate of drug-likeness (QED) is 0.925. The number of amides is 2. The van der Waals surface area contributed by atoms with Gasteiger partial charge in [-0.1, -0.05) is 0 Å². The van der Waals surface area contributed by atoms with Crippen molar-refractivity contribution in [2.45, 2.75) is 32.0 Å². The Morgan fingerprint density at radius 1 is 1.33 bits per heavy atom. The van der Waals surface area contributed by atoms with Gasteiger partial charge in [0.25, 0.3) is 0 Å². The predicted octanol–water partition coefficient (Wildman–Crippen LogP) is 2.31. The molecule has 4 rings (SSSR count). The summed E-state index contributed by atoms with van der Waals surface area (Å²) in [5.41, 5.74) is 2.57. The van der Waals surface area contributed by atoms with Crippen LogP contribution >= 0.6 is 11.3 Å². The summed E-state index contributed by atoms with van der Waals surface area (Å²) in [7, 11) is 0. The molecule has 0 saturated carbocycles. The molecular weight excluding hydrogens is 322 g/mol. The lowest BCUT2D eigenvalue weighted by Crippen LogP contribution is -2.45. The number of fused-ring (bicyclic) bond motifs is 1. The van der Waals surface area contributed by atoms with E-state index in [1.807, 2.05) is 11.1 Å². The minimum atomic E-state index is 0.0659. The summed E-state index contributed by atoms with van der Waals surface area (Å²) in [5.74, 6) is 0. The van der Waals surface area contributed by atoms with Gasteiger partial charge in [0.15, 0.2) is 0 Å². The zero-order chi connectivity index (χ0) is 16.4. The van der Waals surface area contributed by atoms with Crippen LogP contribution in [0.15, 0.2) is 29.1 Å². The SMILES string of the molecule is O=C(NC[C@H]1CN(Cc2ccsc2)Cc2ccnn21)N1CCCC1. The Hall–Kier alpha value is -1.86. The standard InChI is InChI=1S/C17H23N5OS/c23-17(21-6-1-2-7-21)18-9-16-12-20(10-14-4-8-24-13-14)11-15-3-5-19-22(15)16/h3-5,8,13,16H,1-2,6-7,9-12H2,(H,18,23)/t16-/m0/s1. The van der Waals surface area contributed by atoms with Gasteiger partial charge in [0, 0.05) is 45.5 Å². The van der Waals surface area contributed by atoms with Gasteiger partial charge in [0.1, 0.15) is 0 Å². The first-order valence-electron chi connectivity index (χ1n) is 8.58. The number of thiophene rings is 1. The third kappa shape index (κ3) is 3.32. The smallest absolute Gasteiger partial charge is 0.317 e. The maximum absolute atomic E-state index is 12.2. The number of carbonyl (C=O) groups is 1. The minimum absolute atomic E-state index is 0.0659. The number of hydrogen-bond donors (Lipinski definition) is 1. The van der Waals surface area contributed by atoms with E-state index in [0.717, 1.165) is 45.6 Å². The second-order valence-electron chi connectivity index (χ2n) is 6.60. The van der Waals surface area contributed by atoms with E-state index >= 15 is 0 Å². The largest absolute Gasteiger partial charge is 0.336 e. The fraction of sp³-hybridized carbons (Fsp3) is 0.529. The Balaban J connectivity index is 1.40. The van der Waals surface area contributed by atoms with Crippen LogP contribution in [0.1, 0.15) is 30.1 Å². The van der Waals surface area contributed by atoms with Crippen molar-refractivity contribution in [3.63, 3.8) is 0 Å². The molecule has 0 unspecified atom stereocenters. The van der Waals surface area contributed by atoms with Crippen LogP contribution in [0.4, 0.5) is 4.79 Å². The van der Waals surface area contributed by atoms with Gasteiger partial charge in [-0.05, 0) is 41.3 Å². The maximum atomic E-state index is 12.2. The highest BCUT2D eigenvalue weighted by Crippen LogP contribution is 2.22. The molecule has 0 aromatic carbocycles. The second kappa shape index (κ2) is 6.94. The van der Waals surface area contributed by atoms with Gasteiger partial charge in [-0.3, -0.25) is 9.58 Å². The Morgan fingerprint density at radius 3 is 3.00 bits per heavy atom. The molecule has 0 radical (unpaired) electrons. The van der Waals surface area contributed by atoms with Crippen molar-refractivity contribution in [1.29, 1.82) is 0 Å². The van der Waals surface area contributed by atoms with Crippen molar-refractivity contribution >= 4 is 17.4 Å². The maximum Gasteiger partial charge on any atom is 0.317 e. The normalized spacial score (nSPS) is 21.0. The zero-order valence-corrected chi connectivity index (χ0v) is 14.5. The van der Waals surface area contributed by atoms with E-state index in [1.165, 1.54) is 11.3 Å². The van der Waals surface area contributed by atoms with Crippen LogP contribution in [0.3, 0.4) is 0 Å². The van der Waals surface area contributed by atoms with Crippen LogP contribution in [-0.2, 0) is 13.1 Å². The molecule has 1 atom stereocenters. The highest BCUT2D eigenvalue weighted by molar-refractivity contribution is 7.07. The average molecular weight is 345 g/mol. The second-order valence-corrected chi connectivity index (χ2v) is 7.38. The van der Waals surface area contributed by atoms with Crippen molar-refractivity contribution < 1.29 is 4.79 Å². The van der Waals surface area contributed by atoms with E-state index in [2.05, 4.69) is 42.9 Å². The van der Waals surface area contributed by atoms with E-state index in [4.69, 9.17) is 0 Å². The Bertz CT molecular complexity index is 677. The number of carbonyl (C=O) groups excluding carboxylic acids is 1. The van der Waals surface area contributed by atoms with E-state index in [-0.39, 0.29) is 12.1 Å². The number of nitrogens with zero attached hydrogens (tertiary/aromatic N) is 4. The molecule has 2 amide bonds. The van der Waals surface area contributed by atoms with Gasteiger partial charge in [0.2, 0.25) is 0 Å². The first-order chi connectivity index (χ1) is 11.8. The fourth-order valence-corrected chi connectivity index (χ4v) is 4.27. The van der Waals surface area contributed by atoms with E-state index in [1.54, 1.807) is 11.3 Å². The number of nitrogens with one attached hydrogen (secondary N) is 1. The lowest BCUT2D eigenvalue weighted by Gasteiger charge is -2.34. The molecule has 2 aromatic heterocycles. The number of likely N-dealkylation sites (tertiary alicyclic amines) is 1. The molecular formula is C17H23N5OS. The zero-order valence-electron chi connectivity index (χ0n) is 13.7. The summed E-state index contributed by atoms with van der Waals surface area (Å²) in [6.07, 6.45) is 4.10. The third-order valence-corrected chi connectivity index (χ3v) is 5.55. The summed E-state index contributed by atoms with van der Waals surface area (Å²) >= 11 is 1.74. The number of hydrogen-bond acceptors (Lipinski definition) is 4. The molecule has 128 valence electrons. The third-order valence-electron chi connectivity index (χ3n) is 4.82. The molecule has 24 heavy (non-hydrogen) atoms. The van der Waals surface area contributed by atoms with Gasteiger partial charge >= 0.3 is 6.03 Å². The van der Waals surface area contributed by atoms with Gasteiger partial charge < -0.3 is 10.2 Å². The topological polar surface area (TPSA) is 53.4 Å². The summed E-state index contributed by atoms with van der Waals surface area (Å²) in [6.45, 7) is 5.16. The fourth-order valence-electron chi connectivity index (χ4n) is 3.61. The van der Waals surface area contributed by atoms with Crippen LogP contribution in [0.25, 0.3) is 0 Å². The van der Waals surface area contributed by atoms with Crippen molar-refractivity contribution in [3.8, 4) is 0 Å². The Labute approximate surface area is 146 Å². The molecule has 6 nitrogen and oxygen atoms in total. The van der Waals surface area contributed by atoms with Crippen LogP contribution in [-0.4, -0.2) is 51.8 Å². The molecule has 2 aliphatic rings. The highest BCUT2D eigenvalue weighted by Gasteiger charge is 2.27. The summed E-state index contributed by atoms with van der Waals surface area (Å²) in [5, 5.41) is 11.9. The number of rotatable bonds is 4. The van der Waals surface area contributed by atoms with Crippen LogP contribution in [0.2, 0.25) is 0 Å². The van der Waals surface area contributed by atoms with E-state index in [0.29, 0.717) is 6.54 Å². The molecule has 4 heterocycles. The Kier molecular flexibility index (Phi) is 4.53. The minimum Gasteiger partial charge on any atom is -0.336 e. The van der Waals surface area contributed by atoms with E-state index < -0.39 is 0 Å². The van der Waals surface area contributed by atoms with Gasteiger partial charge in [-0.15, -0.1) is 0 Å². The molecule has 1 saturated heterocycles. The molecule has 0 spiro atoms. The van der Waals surface area contributed by atoms with Crippen molar-refractivity contribution in [2.75, 3.05) is 26.2 Å². The van der Waals surface area contributed by atoms with Crippen molar-refractivity contribution in [2.24, 2.45) is 0 Å². The average Bonchev–Trinajstić information content (AvgIpc) is 3.32. The number of urea groups is 1. The molecule has 2 aromatic rings. The van der Waals surface area contributed by atoms with Crippen LogP contribution in [0, 0.1) is 0 Å². The van der Waals surface area contributed by atoms with Crippen LogP contribution in [0.5, 0.6) is 0 Å². The molecule has 0 aliphatic carbocycles. The first-order valence-corrected chi connectivity index (χ1v) is 9.52. The predicted molar refractivity (Wildman–Crippen MR) is 93.9 cm³/mol. The van der Waals surface area contributed by atoms with Gasteiger partial charge in [-0.25, -0.2) is 4.79 Å². The van der Waals surface area contributed by atoms with Gasteiger partial charge in [0.05, 0.1) is 11.7 Å². The summed E-state index contributed by atoms with van der Waals surface area (Å²) in [4.78, 5) is 16.6. The number of aromatic nitrogens is 2. The molecule has 1 N–H and O–H groups in total. The molecule has 1 fully saturated rings. The first kappa shape index (κ1) is 15.7. The van der Waals surface area contributed by atoms with Crippen molar-refractivity contribution in [3.05, 3.63) is 40.3 Å². The highest BCUT2D eigenvalue weighted by atomic mass is 32.1. The molecule has 7 heteroatoms. The monoisotopic (exact) mass is 345 g/mol. The molecule has 0 bridgehead atoms. The summed E-state index contributed by atoms with van der Waals surface area (Å²) in [6, 6.07) is 4.51. The Morgan fingerprint density at radius 2 is 2.21 bits per heavy atom. The summed E-state index contributed by atoms with van der Waals surface area (Å²) < 4.78 is 2.08. The van der Waals surface area contributed by atoms with Crippen LogP contribution < -0.4 is 5.32 Å². The van der Waals surface area contributed by atoms with Crippen molar-refractivity contribution in [1.82, 2.24) is 24.9 Å². The van der Waals surface area contributed by atoms with E-state index in [9.17, 15) is 4.79 Å². The lowest BCUT2D eigenvalue weighted by atomic mass is 10.1. The molecule has 2 aliphatic heterocycles. The van der Waals surface area contributed by atoms with Gasteiger partial charge in [-0.2, -0.15) is 16.4 Å².